The van der Waals surface area contributed by atoms with E-state index < -0.39 is 10.0 Å². The quantitative estimate of drug-likeness (QED) is 0.567. The Kier molecular flexibility index (Phi) is 7.75. The van der Waals surface area contributed by atoms with Crippen LogP contribution in [-0.4, -0.2) is 68.6 Å². The van der Waals surface area contributed by atoms with Crippen molar-refractivity contribution in [1.29, 1.82) is 5.26 Å². The SMILES string of the molecule is CC(=O)c1ccc(S(=O)(=O)N2CCN(CC(=O)N(CCC#N)c3ccccc3)CC2)cc1. The van der Waals surface area contributed by atoms with E-state index in [0.29, 0.717) is 25.2 Å². The van der Waals surface area contributed by atoms with Crippen molar-refractivity contribution in [2.45, 2.75) is 18.2 Å². The summed E-state index contributed by atoms with van der Waals surface area (Å²) in [6, 6.07) is 17.2. The van der Waals surface area contributed by atoms with Gasteiger partial charge in [-0.1, -0.05) is 30.3 Å². The fourth-order valence-electron chi connectivity index (χ4n) is 3.58. The van der Waals surface area contributed by atoms with Crippen LogP contribution in [0.5, 0.6) is 0 Å². The number of sulfonamides is 1. The molecule has 0 aliphatic carbocycles. The molecule has 32 heavy (non-hydrogen) atoms. The summed E-state index contributed by atoms with van der Waals surface area (Å²) in [5.41, 5.74) is 1.20. The average molecular weight is 455 g/mol. The molecule has 0 spiro atoms. The molecule has 0 saturated carbocycles. The van der Waals surface area contributed by atoms with E-state index in [0.717, 1.165) is 5.69 Å². The molecule has 1 heterocycles. The van der Waals surface area contributed by atoms with Gasteiger partial charge in [-0.15, -0.1) is 0 Å². The van der Waals surface area contributed by atoms with E-state index in [1.807, 2.05) is 35.2 Å². The van der Waals surface area contributed by atoms with Gasteiger partial charge in [-0.2, -0.15) is 9.57 Å². The number of hydrogen-bond acceptors (Lipinski definition) is 6. The lowest BCUT2D eigenvalue weighted by molar-refractivity contribution is -0.120. The molecule has 1 amide bonds. The third-order valence-corrected chi connectivity index (χ3v) is 7.32. The number of carbonyl (C=O) groups is 2. The minimum atomic E-state index is -3.66. The van der Waals surface area contributed by atoms with E-state index in [4.69, 9.17) is 5.26 Å². The summed E-state index contributed by atoms with van der Waals surface area (Å²) in [4.78, 5) is 28.0. The number of hydrogen-bond donors (Lipinski definition) is 0. The fraction of sp³-hybridized carbons (Fsp3) is 0.348. The smallest absolute Gasteiger partial charge is 0.243 e. The number of carbonyl (C=O) groups excluding carboxylic acids is 2. The average Bonchev–Trinajstić information content (AvgIpc) is 2.80. The van der Waals surface area contributed by atoms with Crippen molar-refractivity contribution in [2.75, 3.05) is 44.2 Å². The van der Waals surface area contributed by atoms with Gasteiger partial charge in [-0.25, -0.2) is 8.42 Å². The maximum Gasteiger partial charge on any atom is 0.243 e. The minimum Gasteiger partial charge on any atom is -0.310 e. The van der Waals surface area contributed by atoms with Gasteiger partial charge in [-0.3, -0.25) is 14.5 Å². The Balaban J connectivity index is 1.61. The zero-order chi connectivity index (χ0) is 23.1. The maximum absolute atomic E-state index is 12.9. The summed E-state index contributed by atoms with van der Waals surface area (Å²) in [5, 5.41) is 8.93. The van der Waals surface area contributed by atoms with Gasteiger partial charge >= 0.3 is 0 Å². The molecule has 2 aromatic carbocycles. The van der Waals surface area contributed by atoms with E-state index in [2.05, 4.69) is 6.07 Å². The number of nitriles is 1. The summed E-state index contributed by atoms with van der Waals surface area (Å²) in [6.07, 6.45) is 0.231. The number of benzene rings is 2. The van der Waals surface area contributed by atoms with Crippen LogP contribution in [0.4, 0.5) is 5.69 Å². The normalized spacial score (nSPS) is 15.1. The molecule has 1 saturated heterocycles. The summed E-state index contributed by atoms with van der Waals surface area (Å²) in [7, 11) is -3.66. The zero-order valence-electron chi connectivity index (χ0n) is 18.0. The van der Waals surface area contributed by atoms with Crippen molar-refractivity contribution in [3.05, 3.63) is 60.2 Å². The van der Waals surface area contributed by atoms with Gasteiger partial charge < -0.3 is 4.90 Å². The van der Waals surface area contributed by atoms with Gasteiger partial charge in [0.1, 0.15) is 0 Å². The molecule has 9 heteroatoms. The largest absolute Gasteiger partial charge is 0.310 e. The van der Waals surface area contributed by atoms with Gasteiger partial charge in [-0.05, 0) is 31.2 Å². The van der Waals surface area contributed by atoms with Crippen LogP contribution in [0.15, 0.2) is 59.5 Å². The van der Waals surface area contributed by atoms with Gasteiger partial charge in [0.2, 0.25) is 15.9 Å². The number of para-hydroxylation sites is 1. The molecular formula is C23H26N4O4S. The summed E-state index contributed by atoms with van der Waals surface area (Å²) in [6.45, 7) is 3.30. The van der Waals surface area contributed by atoms with Crippen LogP contribution in [0.3, 0.4) is 0 Å². The van der Waals surface area contributed by atoms with Crippen molar-refractivity contribution < 1.29 is 18.0 Å². The molecule has 0 bridgehead atoms. The molecule has 0 atom stereocenters. The molecule has 0 aromatic heterocycles. The molecule has 0 unspecified atom stereocenters. The van der Waals surface area contributed by atoms with E-state index in [-0.39, 0.29) is 42.6 Å². The molecule has 168 valence electrons. The van der Waals surface area contributed by atoms with Gasteiger partial charge in [0.15, 0.2) is 5.78 Å². The Hall–Kier alpha value is -3.06. The minimum absolute atomic E-state index is 0.119. The number of nitrogens with zero attached hydrogens (tertiary/aromatic N) is 4. The molecule has 0 radical (unpaired) electrons. The topological polar surface area (TPSA) is 102 Å². The second kappa shape index (κ2) is 10.5. The highest BCUT2D eigenvalue weighted by Crippen LogP contribution is 2.19. The third kappa shape index (κ3) is 5.59. The second-order valence-electron chi connectivity index (χ2n) is 7.55. The lowest BCUT2D eigenvalue weighted by atomic mass is 10.2. The van der Waals surface area contributed by atoms with Crippen molar-refractivity contribution >= 4 is 27.4 Å². The van der Waals surface area contributed by atoms with Crippen molar-refractivity contribution in [3.8, 4) is 6.07 Å². The Morgan fingerprint density at radius 2 is 1.62 bits per heavy atom. The van der Waals surface area contributed by atoms with Crippen LogP contribution >= 0.6 is 0 Å². The third-order valence-electron chi connectivity index (χ3n) is 5.40. The standard InChI is InChI=1S/C23H26N4O4S/c1-19(28)20-8-10-22(11-9-20)32(30,31)26-16-14-25(15-17-26)18-23(29)27(13-5-12-24)21-6-3-2-4-7-21/h2-4,6-11H,5,13-18H2,1H3. The maximum atomic E-state index is 12.9. The van der Waals surface area contributed by atoms with Crippen LogP contribution in [-0.2, 0) is 14.8 Å². The number of piperazine rings is 1. The van der Waals surface area contributed by atoms with E-state index in [9.17, 15) is 18.0 Å². The first kappa shape index (κ1) is 23.6. The fourth-order valence-corrected chi connectivity index (χ4v) is 5.01. The molecule has 1 fully saturated rings. The van der Waals surface area contributed by atoms with Crippen molar-refractivity contribution in [3.63, 3.8) is 0 Å². The highest BCUT2D eigenvalue weighted by atomic mass is 32.2. The summed E-state index contributed by atoms with van der Waals surface area (Å²) >= 11 is 0. The first-order valence-corrected chi connectivity index (χ1v) is 11.8. The van der Waals surface area contributed by atoms with Crippen LogP contribution in [0.1, 0.15) is 23.7 Å². The van der Waals surface area contributed by atoms with Crippen molar-refractivity contribution in [2.24, 2.45) is 0 Å². The van der Waals surface area contributed by atoms with Gasteiger partial charge in [0.05, 0.1) is 23.9 Å². The lowest BCUT2D eigenvalue weighted by Crippen LogP contribution is -2.51. The van der Waals surface area contributed by atoms with Crippen molar-refractivity contribution in [1.82, 2.24) is 9.21 Å². The highest BCUT2D eigenvalue weighted by Gasteiger charge is 2.30. The van der Waals surface area contributed by atoms with Crippen LogP contribution < -0.4 is 4.90 Å². The number of amides is 1. The van der Waals surface area contributed by atoms with Crippen LogP contribution in [0, 0.1) is 11.3 Å². The van der Waals surface area contributed by atoms with E-state index in [1.165, 1.54) is 35.5 Å². The number of ketones is 1. The Labute approximate surface area is 188 Å². The van der Waals surface area contributed by atoms with E-state index >= 15 is 0 Å². The molecule has 3 rings (SSSR count). The molecule has 2 aromatic rings. The van der Waals surface area contributed by atoms with Gasteiger partial charge in [0, 0.05) is 44.0 Å². The molecule has 0 N–H and O–H groups in total. The monoisotopic (exact) mass is 454 g/mol. The number of rotatable bonds is 8. The predicted octanol–water partition coefficient (Wildman–Crippen LogP) is 2.14. The molecule has 1 aliphatic rings. The zero-order valence-corrected chi connectivity index (χ0v) is 18.8. The predicted molar refractivity (Wildman–Crippen MR) is 121 cm³/mol. The highest BCUT2D eigenvalue weighted by molar-refractivity contribution is 7.89. The first-order chi connectivity index (χ1) is 15.3. The number of anilines is 1. The van der Waals surface area contributed by atoms with Crippen LogP contribution in [0.25, 0.3) is 0 Å². The van der Waals surface area contributed by atoms with Gasteiger partial charge in [0.25, 0.3) is 0 Å². The Morgan fingerprint density at radius 3 is 2.19 bits per heavy atom. The molecular weight excluding hydrogens is 428 g/mol. The Morgan fingerprint density at radius 1 is 1.00 bits per heavy atom. The molecule has 8 nitrogen and oxygen atoms in total. The lowest BCUT2D eigenvalue weighted by Gasteiger charge is -2.34. The summed E-state index contributed by atoms with van der Waals surface area (Å²) < 4.78 is 27.3. The summed E-state index contributed by atoms with van der Waals surface area (Å²) in [5.74, 6) is -0.242. The Bertz CT molecular complexity index is 1090. The number of Topliss-reactive ketones (excluding diaryl/α,β-unsaturated/α-hetero) is 1. The van der Waals surface area contributed by atoms with Crippen LogP contribution in [0.2, 0.25) is 0 Å². The second-order valence-corrected chi connectivity index (χ2v) is 9.49. The van der Waals surface area contributed by atoms with E-state index in [1.54, 1.807) is 4.90 Å². The molecule has 1 aliphatic heterocycles. The first-order valence-electron chi connectivity index (χ1n) is 10.4.